The van der Waals surface area contributed by atoms with Gasteiger partial charge in [-0.15, -0.1) is 11.3 Å². The lowest BCUT2D eigenvalue weighted by molar-refractivity contribution is 0.0600. The number of pyridine rings is 1. The minimum absolute atomic E-state index is 0.293. The van der Waals surface area contributed by atoms with E-state index in [0.717, 1.165) is 42.4 Å². The topological polar surface area (TPSA) is 81.4 Å². The number of carbonyl (C=O) groups is 2. The van der Waals surface area contributed by atoms with Crippen LogP contribution in [0.15, 0.2) is 46.9 Å². The fourth-order valence-corrected chi connectivity index (χ4v) is 5.99. The summed E-state index contributed by atoms with van der Waals surface area (Å²) >= 11 is 1.49. The molecule has 3 aromatic heterocycles. The molecule has 0 bridgehead atoms. The number of hydrogen-bond donors (Lipinski definition) is 1. The molecule has 1 aliphatic carbocycles. The molecular formula is C27H26N2O4S. The number of methoxy groups -OCH3 is 1. The Labute approximate surface area is 202 Å². The molecule has 0 fully saturated rings. The highest BCUT2D eigenvalue weighted by Gasteiger charge is 2.30. The fourth-order valence-electron chi connectivity index (χ4n) is 4.64. The quantitative estimate of drug-likeness (QED) is 0.338. The summed E-state index contributed by atoms with van der Waals surface area (Å²) in [5.41, 5.74) is 3.27. The average molecular weight is 475 g/mol. The molecule has 0 saturated carbocycles. The Morgan fingerprint density at radius 1 is 1.24 bits per heavy atom. The van der Waals surface area contributed by atoms with Crippen molar-refractivity contribution in [2.75, 3.05) is 12.4 Å². The van der Waals surface area contributed by atoms with Crippen LogP contribution in [0.1, 0.15) is 56.7 Å². The van der Waals surface area contributed by atoms with Crippen molar-refractivity contribution < 1.29 is 18.7 Å². The highest BCUT2D eigenvalue weighted by molar-refractivity contribution is 7.17. The number of amides is 1. The van der Waals surface area contributed by atoms with Crippen LogP contribution in [0.3, 0.4) is 0 Å². The minimum Gasteiger partial charge on any atom is -0.465 e. The van der Waals surface area contributed by atoms with Gasteiger partial charge in [0.2, 0.25) is 0 Å². The average Bonchev–Trinajstić information content (AvgIpc) is 3.45. The molecule has 1 N–H and O–H groups in total. The van der Waals surface area contributed by atoms with Gasteiger partial charge in [-0.2, -0.15) is 0 Å². The third-order valence-electron chi connectivity index (χ3n) is 6.51. The van der Waals surface area contributed by atoms with Gasteiger partial charge in [-0.05, 0) is 61.9 Å². The molecule has 0 spiro atoms. The Bertz CT molecular complexity index is 1400. The van der Waals surface area contributed by atoms with Gasteiger partial charge >= 0.3 is 5.97 Å². The van der Waals surface area contributed by atoms with E-state index in [1.54, 1.807) is 6.07 Å². The van der Waals surface area contributed by atoms with Crippen molar-refractivity contribution in [1.29, 1.82) is 0 Å². The maximum absolute atomic E-state index is 13.6. The molecule has 5 rings (SSSR count). The van der Waals surface area contributed by atoms with Gasteiger partial charge in [0.25, 0.3) is 5.91 Å². The zero-order valence-electron chi connectivity index (χ0n) is 19.4. The molecule has 7 heteroatoms. The Balaban J connectivity index is 1.57. The normalized spacial score (nSPS) is 15.2. The van der Waals surface area contributed by atoms with Crippen molar-refractivity contribution in [3.05, 3.63) is 69.8 Å². The third kappa shape index (κ3) is 4.01. The maximum Gasteiger partial charge on any atom is 0.341 e. The van der Waals surface area contributed by atoms with Crippen LogP contribution in [0.5, 0.6) is 0 Å². The first-order valence-electron chi connectivity index (χ1n) is 11.5. The van der Waals surface area contributed by atoms with Gasteiger partial charge in [-0.3, -0.25) is 4.79 Å². The van der Waals surface area contributed by atoms with E-state index in [9.17, 15) is 9.59 Å². The fraction of sp³-hybridized carbons (Fsp3) is 0.296. The molecule has 4 aromatic rings. The second kappa shape index (κ2) is 9.06. The summed E-state index contributed by atoms with van der Waals surface area (Å²) in [5.74, 6) is 1.27. The van der Waals surface area contributed by atoms with Crippen molar-refractivity contribution in [1.82, 2.24) is 4.98 Å². The number of benzene rings is 1. The van der Waals surface area contributed by atoms with Gasteiger partial charge in [0.05, 0.1) is 23.8 Å². The molecule has 1 aromatic carbocycles. The number of nitrogens with one attached hydrogen (secondary N) is 1. The summed E-state index contributed by atoms with van der Waals surface area (Å²) in [4.78, 5) is 32.2. The SMILES string of the molecule is CC[C@@H]1CCc2c(sc(NC(=O)c3cc(-c4ccc(C)o4)nc4ccccc34)c2C(=O)OC)C1. The molecule has 174 valence electrons. The summed E-state index contributed by atoms with van der Waals surface area (Å²) in [6.45, 7) is 4.06. The number of rotatable bonds is 5. The van der Waals surface area contributed by atoms with Crippen molar-refractivity contribution in [3.63, 3.8) is 0 Å². The van der Waals surface area contributed by atoms with E-state index in [-0.39, 0.29) is 5.91 Å². The standard InChI is InChI=1S/C27H26N2O4S/c1-4-16-10-11-18-23(13-16)34-26(24(18)27(31)32-3)29-25(30)19-14-21(22-12-9-15(2)33-22)28-20-8-6-5-7-17(19)20/h5-9,12,14,16H,4,10-11,13H2,1-3H3,(H,29,30)/t16-/m1/s1. The highest BCUT2D eigenvalue weighted by atomic mass is 32.1. The molecule has 0 saturated heterocycles. The second-order valence-electron chi connectivity index (χ2n) is 8.65. The summed E-state index contributed by atoms with van der Waals surface area (Å²) in [6.07, 6.45) is 3.89. The number of aryl methyl sites for hydroxylation is 1. The van der Waals surface area contributed by atoms with Crippen molar-refractivity contribution >= 4 is 39.1 Å². The van der Waals surface area contributed by atoms with E-state index >= 15 is 0 Å². The summed E-state index contributed by atoms with van der Waals surface area (Å²) < 4.78 is 10.8. The monoisotopic (exact) mass is 474 g/mol. The van der Waals surface area contributed by atoms with Crippen LogP contribution in [-0.4, -0.2) is 24.0 Å². The van der Waals surface area contributed by atoms with Gasteiger partial charge in [-0.1, -0.05) is 31.5 Å². The van der Waals surface area contributed by atoms with E-state index in [1.165, 1.54) is 23.3 Å². The molecule has 6 nitrogen and oxygen atoms in total. The first-order chi connectivity index (χ1) is 16.5. The molecule has 0 aliphatic heterocycles. The van der Waals surface area contributed by atoms with E-state index in [4.69, 9.17) is 14.1 Å². The molecule has 1 aliphatic rings. The number of thiophene rings is 1. The van der Waals surface area contributed by atoms with Crippen LogP contribution >= 0.6 is 11.3 Å². The van der Waals surface area contributed by atoms with Crippen molar-refractivity contribution in [2.45, 2.75) is 39.5 Å². The smallest absolute Gasteiger partial charge is 0.341 e. The number of para-hydroxylation sites is 1. The number of fused-ring (bicyclic) bond motifs is 2. The molecule has 34 heavy (non-hydrogen) atoms. The number of hydrogen-bond acceptors (Lipinski definition) is 6. The summed E-state index contributed by atoms with van der Waals surface area (Å²) in [6, 6.07) is 13.0. The zero-order valence-corrected chi connectivity index (χ0v) is 20.3. The van der Waals surface area contributed by atoms with Crippen LogP contribution in [-0.2, 0) is 17.6 Å². The number of anilines is 1. The van der Waals surface area contributed by atoms with E-state index in [0.29, 0.717) is 39.0 Å². The Morgan fingerprint density at radius 2 is 2.06 bits per heavy atom. The molecule has 0 radical (unpaired) electrons. The number of aromatic nitrogens is 1. The van der Waals surface area contributed by atoms with Crippen LogP contribution in [0.25, 0.3) is 22.4 Å². The molecule has 0 unspecified atom stereocenters. The Hall–Kier alpha value is -3.45. The zero-order chi connectivity index (χ0) is 23.8. The van der Waals surface area contributed by atoms with Gasteiger partial charge in [0.15, 0.2) is 5.76 Å². The van der Waals surface area contributed by atoms with E-state index in [1.807, 2.05) is 43.3 Å². The first kappa shape index (κ1) is 22.3. The van der Waals surface area contributed by atoms with Gasteiger partial charge in [-0.25, -0.2) is 9.78 Å². The molecule has 3 heterocycles. The van der Waals surface area contributed by atoms with Gasteiger partial charge < -0.3 is 14.5 Å². The van der Waals surface area contributed by atoms with E-state index in [2.05, 4.69) is 12.2 Å². The van der Waals surface area contributed by atoms with Gasteiger partial charge in [0.1, 0.15) is 16.5 Å². The van der Waals surface area contributed by atoms with E-state index < -0.39 is 5.97 Å². The molecular weight excluding hydrogens is 448 g/mol. The summed E-state index contributed by atoms with van der Waals surface area (Å²) in [7, 11) is 1.38. The minimum atomic E-state index is -0.408. The lowest BCUT2D eigenvalue weighted by Gasteiger charge is -2.20. The van der Waals surface area contributed by atoms with Crippen LogP contribution in [0.2, 0.25) is 0 Å². The number of furan rings is 1. The third-order valence-corrected chi connectivity index (χ3v) is 7.68. The second-order valence-corrected chi connectivity index (χ2v) is 9.76. The van der Waals surface area contributed by atoms with Gasteiger partial charge in [0, 0.05) is 10.3 Å². The predicted octanol–water partition coefficient (Wildman–Crippen LogP) is 6.42. The van der Waals surface area contributed by atoms with Crippen molar-refractivity contribution in [3.8, 4) is 11.5 Å². The first-order valence-corrected chi connectivity index (χ1v) is 12.3. The van der Waals surface area contributed by atoms with Crippen LogP contribution < -0.4 is 5.32 Å². The Kier molecular flexibility index (Phi) is 5.96. The molecule has 1 amide bonds. The number of esters is 1. The predicted molar refractivity (Wildman–Crippen MR) is 134 cm³/mol. The largest absolute Gasteiger partial charge is 0.465 e. The lowest BCUT2D eigenvalue weighted by atomic mass is 9.85. The van der Waals surface area contributed by atoms with Crippen molar-refractivity contribution in [2.24, 2.45) is 5.92 Å². The highest BCUT2D eigenvalue weighted by Crippen LogP contribution is 2.41. The number of carbonyl (C=O) groups excluding carboxylic acids is 2. The lowest BCUT2D eigenvalue weighted by Crippen LogP contribution is -2.17. The molecule has 1 atom stereocenters. The van der Waals surface area contributed by atoms with Crippen LogP contribution in [0.4, 0.5) is 5.00 Å². The van der Waals surface area contributed by atoms with Crippen LogP contribution in [0, 0.1) is 12.8 Å². The number of ether oxygens (including phenoxy) is 1. The summed E-state index contributed by atoms with van der Waals surface area (Å²) in [5, 5.41) is 4.31. The number of nitrogens with zero attached hydrogens (tertiary/aromatic N) is 1. The maximum atomic E-state index is 13.6. The Morgan fingerprint density at radius 3 is 2.79 bits per heavy atom.